The number of para-hydroxylation sites is 1. The molecular formula is C19H14N2O5. The predicted molar refractivity (Wildman–Crippen MR) is 92.9 cm³/mol. The van der Waals surface area contributed by atoms with Crippen molar-refractivity contribution in [2.24, 2.45) is 5.73 Å². The Labute approximate surface area is 147 Å². The molecule has 2 amide bonds. The van der Waals surface area contributed by atoms with Gasteiger partial charge < -0.3 is 20.2 Å². The average Bonchev–Trinajstić information content (AvgIpc) is 2.98. The minimum atomic E-state index is -0.608. The van der Waals surface area contributed by atoms with Crippen molar-refractivity contribution in [3.05, 3.63) is 75.6 Å². The first-order valence-electron chi connectivity index (χ1n) is 7.92. The third-order valence-electron chi connectivity index (χ3n) is 4.20. The van der Waals surface area contributed by atoms with E-state index in [9.17, 15) is 14.4 Å². The van der Waals surface area contributed by atoms with Crippen molar-refractivity contribution >= 4 is 22.8 Å². The molecule has 1 atom stereocenters. The molecule has 3 aromatic rings. The minimum absolute atomic E-state index is 0.0350. The number of ether oxygens (including phenoxy) is 1. The fraction of sp³-hybridized carbons (Fsp3) is 0.105. The summed E-state index contributed by atoms with van der Waals surface area (Å²) in [5, 5.41) is 3.20. The second kappa shape index (κ2) is 6.03. The summed E-state index contributed by atoms with van der Waals surface area (Å²) in [7, 11) is 0. The summed E-state index contributed by atoms with van der Waals surface area (Å²) in [5.74, 6) is -0.507. The zero-order valence-corrected chi connectivity index (χ0v) is 13.5. The Morgan fingerprint density at radius 3 is 2.58 bits per heavy atom. The van der Waals surface area contributed by atoms with Crippen LogP contribution in [0.1, 0.15) is 27.7 Å². The highest BCUT2D eigenvalue weighted by Crippen LogP contribution is 2.31. The van der Waals surface area contributed by atoms with Crippen LogP contribution in [-0.2, 0) is 4.79 Å². The first-order chi connectivity index (χ1) is 12.5. The molecule has 0 unspecified atom stereocenters. The number of nitrogens with one attached hydrogen (secondary N) is 1. The molecule has 4 rings (SSSR count). The fourth-order valence-electron chi connectivity index (χ4n) is 3.02. The van der Waals surface area contributed by atoms with E-state index in [1.165, 1.54) is 0 Å². The molecule has 7 nitrogen and oxygen atoms in total. The minimum Gasteiger partial charge on any atom is -0.484 e. The number of rotatable bonds is 4. The number of hydrogen-bond donors (Lipinski definition) is 2. The van der Waals surface area contributed by atoms with E-state index in [0.717, 1.165) is 0 Å². The number of primary amides is 1. The molecule has 0 spiro atoms. The first-order valence-corrected chi connectivity index (χ1v) is 7.92. The highest BCUT2D eigenvalue weighted by Gasteiger charge is 2.35. The van der Waals surface area contributed by atoms with Gasteiger partial charge in [0.1, 0.15) is 11.3 Å². The standard InChI is InChI=1S/C19H14N2O5/c20-14(22)9-25-11-7-5-10(6-8-11)16-15-17(23)12-3-1-2-4-13(12)26-18(15)19(24)21-16/h1-8,16H,9H2,(H2,20,22)(H,21,24)/t16-/m1/s1. The maximum Gasteiger partial charge on any atom is 0.288 e. The van der Waals surface area contributed by atoms with Gasteiger partial charge >= 0.3 is 0 Å². The number of benzene rings is 2. The SMILES string of the molecule is NC(=O)COc1ccc([C@H]2NC(=O)c3oc4ccccc4c(=O)c32)cc1. The maximum atomic E-state index is 12.9. The Morgan fingerprint density at radius 1 is 1.12 bits per heavy atom. The molecule has 1 aliphatic heterocycles. The maximum absolute atomic E-state index is 12.9. The number of amides is 2. The smallest absolute Gasteiger partial charge is 0.288 e. The number of nitrogens with two attached hydrogens (primary N) is 1. The summed E-state index contributed by atoms with van der Waals surface area (Å²) in [5.41, 5.74) is 6.18. The van der Waals surface area contributed by atoms with Gasteiger partial charge in [0, 0.05) is 0 Å². The molecule has 1 aromatic heterocycles. The van der Waals surface area contributed by atoms with Gasteiger partial charge in [-0.1, -0.05) is 24.3 Å². The van der Waals surface area contributed by atoms with Crippen molar-refractivity contribution in [2.45, 2.75) is 6.04 Å². The van der Waals surface area contributed by atoms with Crippen LogP contribution in [-0.4, -0.2) is 18.4 Å². The van der Waals surface area contributed by atoms with Crippen molar-refractivity contribution in [3.63, 3.8) is 0 Å². The second-order valence-electron chi connectivity index (χ2n) is 5.90. The van der Waals surface area contributed by atoms with E-state index >= 15 is 0 Å². The van der Waals surface area contributed by atoms with Crippen molar-refractivity contribution < 1.29 is 18.7 Å². The normalized spacial score (nSPS) is 15.5. The van der Waals surface area contributed by atoms with Crippen LogP contribution in [0.2, 0.25) is 0 Å². The molecule has 3 N–H and O–H groups in total. The fourth-order valence-corrected chi connectivity index (χ4v) is 3.02. The van der Waals surface area contributed by atoms with Gasteiger partial charge in [0.2, 0.25) is 5.76 Å². The van der Waals surface area contributed by atoms with Crippen molar-refractivity contribution in [1.82, 2.24) is 5.32 Å². The van der Waals surface area contributed by atoms with Gasteiger partial charge in [0.15, 0.2) is 12.0 Å². The lowest BCUT2D eigenvalue weighted by Crippen LogP contribution is -2.22. The van der Waals surface area contributed by atoms with Crippen LogP contribution in [0.25, 0.3) is 11.0 Å². The van der Waals surface area contributed by atoms with Gasteiger partial charge in [-0.15, -0.1) is 0 Å². The lowest BCUT2D eigenvalue weighted by atomic mass is 9.99. The molecule has 0 bridgehead atoms. The molecule has 0 saturated heterocycles. The van der Waals surface area contributed by atoms with Gasteiger partial charge in [0.25, 0.3) is 11.8 Å². The van der Waals surface area contributed by atoms with Crippen molar-refractivity contribution in [3.8, 4) is 5.75 Å². The lowest BCUT2D eigenvalue weighted by molar-refractivity contribution is -0.119. The van der Waals surface area contributed by atoms with E-state index in [0.29, 0.717) is 27.8 Å². The zero-order valence-electron chi connectivity index (χ0n) is 13.5. The van der Waals surface area contributed by atoms with E-state index in [4.69, 9.17) is 14.9 Å². The Bertz CT molecular complexity index is 1090. The van der Waals surface area contributed by atoms with E-state index in [2.05, 4.69) is 5.32 Å². The van der Waals surface area contributed by atoms with E-state index in [1.807, 2.05) is 0 Å². The van der Waals surface area contributed by atoms with Gasteiger partial charge in [-0.3, -0.25) is 14.4 Å². The van der Waals surface area contributed by atoms with Crippen LogP contribution in [0.15, 0.2) is 57.7 Å². The molecule has 0 fully saturated rings. The molecule has 7 heteroatoms. The molecular weight excluding hydrogens is 336 g/mol. The Morgan fingerprint density at radius 2 is 1.85 bits per heavy atom. The number of hydrogen-bond acceptors (Lipinski definition) is 5. The summed E-state index contributed by atoms with van der Waals surface area (Å²) in [6.07, 6.45) is 0. The summed E-state index contributed by atoms with van der Waals surface area (Å²) < 4.78 is 10.9. The van der Waals surface area contributed by atoms with Crippen molar-refractivity contribution in [2.75, 3.05) is 6.61 Å². The topological polar surface area (TPSA) is 112 Å². The number of carbonyl (C=O) groups is 2. The second-order valence-corrected chi connectivity index (χ2v) is 5.90. The summed E-state index contributed by atoms with van der Waals surface area (Å²) in [6, 6.07) is 12.9. The van der Waals surface area contributed by atoms with Crippen LogP contribution >= 0.6 is 0 Å². The average molecular weight is 350 g/mol. The molecule has 2 aromatic carbocycles. The van der Waals surface area contributed by atoms with E-state index in [1.54, 1.807) is 48.5 Å². The third kappa shape index (κ3) is 2.59. The van der Waals surface area contributed by atoms with Crippen molar-refractivity contribution in [1.29, 1.82) is 0 Å². The Hall–Kier alpha value is -3.61. The zero-order chi connectivity index (χ0) is 18.3. The molecule has 26 heavy (non-hydrogen) atoms. The Kier molecular flexibility index (Phi) is 3.69. The predicted octanol–water partition coefficient (Wildman–Crippen LogP) is 1.49. The summed E-state index contributed by atoms with van der Waals surface area (Å²) in [6.45, 7) is -0.224. The number of carbonyl (C=O) groups excluding carboxylic acids is 2. The highest BCUT2D eigenvalue weighted by molar-refractivity contribution is 5.98. The van der Waals surface area contributed by atoms with E-state index in [-0.39, 0.29) is 17.8 Å². The van der Waals surface area contributed by atoms with E-state index < -0.39 is 17.9 Å². The molecule has 2 heterocycles. The summed E-state index contributed by atoms with van der Waals surface area (Å²) in [4.78, 5) is 35.9. The molecule has 0 aliphatic carbocycles. The monoisotopic (exact) mass is 350 g/mol. The molecule has 130 valence electrons. The first kappa shape index (κ1) is 15.9. The number of fused-ring (bicyclic) bond motifs is 2. The molecule has 0 saturated carbocycles. The van der Waals surface area contributed by atoms with Gasteiger partial charge in [0.05, 0.1) is 17.0 Å². The van der Waals surface area contributed by atoms with Gasteiger partial charge in [-0.05, 0) is 29.8 Å². The molecule has 0 radical (unpaired) electrons. The largest absolute Gasteiger partial charge is 0.484 e. The third-order valence-corrected chi connectivity index (χ3v) is 4.20. The lowest BCUT2D eigenvalue weighted by Gasteiger charge is -2.12. The molecule has 1 aliphatic rings. The van der Waals surface area contributed by atoms with Gasteiger partial charge in [-0.2, -0.15) is 0 Å². The van der Waals surface area contributed by atoms with Gasteiger partial charge in [-0.25, -0.2) is 0 Å². The summed E-state index contributed by atoms with van der Waals surface area (Å²) >= 11 is 0. The van der Waals surface area contributed by atoms with Crippen LogP contribution in [0.4, 0.5) is 0 Å². The van der Waals surface area contributed by atoms with Crippen LogP contribution in [0, 0.1) is 0 Å². The highest BCUT2D eigenvalue weighted by atomic mass is 16.5. The van der Waals surface area contributed by atoms with Crippen LogP contribution < -0.4 is 21.2 Å². The Balaban J connectivity index is 1.75. The quantitative estimate of drug-likeness (QED) is 0.740. The van der Waals surface area contributed by atoms with Crippen LogP contribution in [0.3, 0.4) is 0 Å². The van der Waals surface area contributed by atoms with Crippen LogP contribution in [0.5, 0.6) is 5.75 Å².